The lowest BCUT2D eigenvalue weighted by Gasteiger charge is -2.09. The van der Waals surface area contributed by atoms with Crippen molar-refractivity contribution in [3.63, 3.8) is 0 Å². The predicted octanol–water partition coefficient (Wildman–Crippen LogP) is 5.14. The van der Waals surface area contributed by atoms with E-state index in [1.165, 1.54) is 19.3 Å². The zero-order valence-electron chi connectivity index (χ0n) is 18.7. The average Bonchev–Trinajstić information content (AvgIpc) is 3.62. The lowest BCUT2D eigenvalue weighted by molar-refractivity contribution is -0.118. The highest BCUT2D eigenvalue weighted by Gasteiger charge is 2.23. The van der Waals surface area contributed by atoms with Gasteiger partial charge in [-0.25, -0.2) is 0 Å². The molecule has 0 radical (unpaired) electrons. The summed E-state index contributed by atoms with van der Waals surface area (Å²) in [4.78, 5) is 36.6. The van der Waals surface area contributed by atoms with Gasteiger partial charge in [-0.2, -0.15) is 0 Å². The van der Waals surface area contributed by atoms with Gasteiger partial charge >= 0.3 is 0 Å². The average molecular weight is 437 g/mol. The third-order valence-corrected chi connectivity index (χ3v) is 5.37. The number of amides is 2. The number of hydrogen-bond donors (Lipinski definition) is 2. The van der Waals surface area contributed by atoms with Crippen LogP contribution in [0.3, 0.4) is 0 Å². The lowest BCUT2D eigenvalue weighted by Crippen LogP contribution is -2.25. The molecule has 32 heavy (non-hydrogen) atoms. The Hall–Kier alpha value is -3.15. The van der Waals surface area contributed by atoms with Crippen LogP contribution in [0.1, 0.15) is 79.0 Å². The van der Waals surface area contributed by atoms with E-state index in [9.17, 15) is 14.4 Å². The Morgan fingerprint density at radius 2 is 1.69 bits per heavy atom. The Labute approximate surface area is 189 Å². The molecule has 1 fully saturated rings. The van der Waals surface area contributed by atoms with Gasteiger partial charge in [0.1, 0.15) is 5.75 Å². The number of Topliss-reactive ketones (excluding diaryl/α,β-unsaturated/α-hetero) is 1. The number of benzene rings is 2. The van der Waals surface area contributed by atoms with Crippen LogP contribution in [0.5, 0.6) is 5.75 Å². The van der Waals surface area contributed by atoms with Crippen LogP contribution in [-0.4, -0.2) is 30.2 Å². The topological polar surface area (TPSA) is 84.5 Å². The first kappa shape index (κ1) is 23.5. The number of nitrogens with one attached hydrogen (secondary N) is 2. The molecule has 0 unspecified atom stereocenters. The minimum Gasteiger partial charge on any atom is -0.484 e. The van der Waals surface area contributed by atoms with E-state index in [1.807, 2.05) is 0 Å². The van der Waals surface area contributed by atoms with E-state index in [-0.39, 0.29) is 30.2 Å². The molecule has 0 atom stereocenters. The van der Waals surface area contributed by atoms with Crippen LogP contribution in [0.2, 0.25) is 0 Å². The van der Waals surface area contributed by atoms with Crippen molar-refractivity contribution in [2.45, 2.75) is 64.3 Å². The number of carbonyl (C=O) groups excluding carboxylic acids is 3. The Balaban J connectivity index is 1.41. The molecule has 2 N–H and O–H groups in total. The molecule has 1 aliphatic carbocycles. The fourth-order valence-corrected chi connectivity index (χ4v) is 3.35. The highest BCUT2D eigenvalue weighted by atomic mass is 16.5. The minimum atomic E-state index is -0.322. The second kappa shape index (κ2) is 12.0. The smallest absolute Gasteiger partial charge is 0.262 e. The van der Waals surface area contributed by atoms with E-state index in [0.717, 1.165) is 25.7 Å². The van der Waals surface area contributed by atoms with E-state index >= 15 is 0 Å². The van der Waals surface area contributed by atoms with Crippen LogP contribution in [0, 0.1) is 0 Å². The van der Waals surface area contributed by atoms with Gasteiger partial charge in [0, 0.05) is 29.3 Å². The molecule has 1 saturated carbocycles. The van der Waals surface area contributed by atoms with Crippen LogP contribution < -0.4 is 15.4 Å². The normalized spacial score (nSPS) is 12.8. The molecule has 6 heteroatoms. The first-order valence-electron chi connectivity index (χ1n) is 11.5. The second-order valence-electron chi connectivity index (χ2n) is 8.28. The van der Waals surface area contributed by atoms with E-state index in [1.54, 1.807) is 48.5 Å². The predicted molar refractivity (Wildman–Crippen MR) is 125 cm³/mol. The summed E-state index contributed by atoms with van der Waals surface area (Å²) in [5, 5.41) is 5.67. The summed E-state index contributed by atoms with van der Waals surface area (Å²) in [7, 11) is 0. The summed E-state index contributed by atoms with van der Waals surface area (Å²) in [6.07, 6.45) is 8.19. The number of rotatable bonds is 13. The van der Waals surface area contributed by atoms with Gasteiger partial charge in [-0.15, -0.1) is 0 Å². The van der Waals surface area contributed by atoms with Gasteiger partial charge in [0.2, 0.25) is 0 Å². The quantitative estimate of drug-likeness (QED) is 0.336. The van der Waals surface area contributed by atoms with E-state index < -0.39 is 0 Å². The van der Waals surface area contributed by atoms with Crippen LogP contribution in [0.25, 0.3) is 0 Å². The number of carbonyl (C=O) groups is 3. The third kappa shape index (κ3) is 7.84. The SMILES string of the molecule is CCCCCCCC(=O)c1ccc(OCC(=O)Nc2cccc(C(=O)NC3CC3)c2)cc1. The molecule has 6 nitrogen and oxygen atoms in total. The molecular formula is C26H32N2O4. The summed E-state index contributed by atoms with van der Waals surface area (Å²) >= 11 is 0. The van der Waals surface area contributed by atoms with Gasteiger partial charge in [-0.1, -0.05) is 38.7 Å². The second-order valence-corrected chi connectivity index (χ2v) is 8.28. The molecule has 0 heterocycles. The van der Waals surface area contributed by atoms with Gasteiger partial charge in [0.15, 0.2) is 12.4 Å². The van der Waals surface area contributed by atoms with Crippen molar-refractivity contribution in [3.05, 3.63) is 59.7 Å². The molecule has 2 aromatic carbocycles. The number of hydrogen-bond acceptors (Lipinski definition) is 4. The lowest BCUT2D eigenvalue weighted by atomic mass is 10.0. The Bertz CT molecular complexity index is 920. The summed E-state index contributed by atoms with van der Waals surface area (Å²) in [6.45, 7) is 2.01. The molecule has 1 aliphatic rings. The monoisotopic (exact) mass is 436 g/mol. The molecule has 3 rings (SSSR count). The van der Waals surface area contributed by atoms with Crippen molar-refractivity contribution >= 4 is 23.3 Å². The van der Waals surface area contributed by atoms with Crippen LogP contribution in [0.15, 0.2) is 48.5 Å². The van der Waals surface area contributed by atoms with Gasteiger partial charge in [0.05, 0.1) is 0 Å². The van der Waals surface area contributed by atoms with E-state index in [0.29, 0.717) is 29.0 Å². The van der Waals surface area contributed by atoms with Crippen molar-refractivity contribution in [1.82, 2.24) is 5.32 Å². The minimum absolute atomic E-state index is 0.129. The highest BCUT2D eigenvalue weighted by Crippen LogP contribution is 2.20. The fourth-order valence-electron chi connectivity index (χ4n) is 3.35. The maximum absolute atomic E-state index is 12.3. The molecule has 0 aromatic heterocycles. The van der Waals surface area contributed by atoms with Gasteiger partial charge in [0.25, 0.3) is 11.8 Å². The van der Waals surface area contributed by atoms with E-state index in [2.05, 4.69) is 17.6 Å². The van der Waals surface area contributed by atoms with Crippen molar-refractivity contribution in [3.8, 4) is 5.75 Å². The van der Waals surface area contributed by atoms with Gasteiger partial charge < -0.3 is 15.4 Å². The number of unbranched alkanes of at least 4 members (excludes halogenated alkanes) is 4. The summed E-state index contributed by atoms with van der Waals surface area (Å²) in [6, 6.07) is 14.0. The van der Waals surface area contributed by atoms with E-state index in [4.69, 9.17) is 4.74 Å². The number of ketones is 1. The highest BCUT2D eigenvalue weighted by molar-refractivity contribution is 5.98. The maximum atomic E-state index is 12.3. The molecular weight excluding hydrogens is 404 g/mol. The van der Waals surface area contributed by atoms with Crippen molar-refractivity contribution in [2.75, 3.05) is 11.9 Å². The first-order chi connectivity index (χ1) is 15.5. The van der Waals surface area contributed by atoms with Crippen molar-refractivity contribution in [1.29, 1.82) is 0 Å². The maximum Gasteiger partial charge on any atom is 0.262 e. The van der Waals surface area contributed by atoms with Crippen LogP contribution in [-0.2, 0) is 4.79 Å². The van der Waals surface area contributed by atoms with Crippen molar-refractivity contribution < 1.29 is 19.1 Å². The Kier molecular flexibility index (Phi) is 8.84. The third-order valence-electron chi connectivity index (χ3n) is 5.37. The summed E-state index contributed by atoms with van der Waals surface area (Å²) in [5.74, 6) is 0.209. The molecule has 2 amide bonds. The van der Waals surface area contributed by atoms with Crippen LogP contribution >= 0.6 is 0 Å². The fraction of sp³-hybridized carbons (Fsp3) is 0.423. The summed E-state index contributed by atoms with van der Waals surface area (Å²) < 4.78 is 5.54. The largest absolute Gasteiger partial charge is 0.484 e. The Morgan fingerprint density at radius 1 is 0.938 bits per heavy atom. The molecule has 0 spiro atoms. The first-order valence-corrected chi connectivity index (χ1v) is 11.5. The zero-order valence-corrected chi connectivity index (χ0v) is 18.7. The number of anilines is 1. The van der Waals surface area contributed by atoms with Crippen molar-refractivity contribution in [2.24, 2.45) is 0 Å². The van der Waals surface area contributed by atoms with Gasteiger partial charge in [-0.3, -0.25) is 14.4 Å². The standard InChI is InChI=1S/C26H32N2O4/c1-2-3-4-5-6-10-24(29)19-11-15-23(16-12-19)32-18-25(30)27-22-9-7-8-20(17-22)26(31)28-21-13-14-21/h7-9,11-12,15-17,21H,2-6,10,13-14,18H2,1H3,(H,27,30)(H,28,31). The molecule has 0 aliphatic heterocycles. The molecule has 0 bridgehead atoms. The zero-order chi connectivity index (χ0) is 22.8. The Morgan fingerprint density at radius 3 is 2.41 bits per heavy atom. The number of ether oxygens (including phenoxy) is 1. The van der Waals surface area contributed by atoms with Crippen LogP contribution in [0.4, 0.5) is 5.69 Å². The summed E-state index contributed by atoms with van der Waals surface area (Å²) in [5.41, 5.74) is 1.72. The van der Waals surface area contributed by atoms with Gasteiger partial charge in [-0.05, 0) is 61.7 Å². The molecule has 170 valence electrons. The molecule has 2 aromatic rings. The molecule has 0 saturated heterocycles.